The Morgan fingerprint density at radius 3 is 2.14 bits per heavy atom. The first-order valence-corrected chi connectivity index (χ1v) is 11.4. The van der Waals surface area contributed by atoms with Crippen LogP contribution >= 0.6 is 0 Å². The molecule has 3 aromatic carbocycles. The van der Waals surface area contributed by atoms with Crippen LogP contribution in [0.4, 0.5) is 14.5 Å². The molecule has 1 aliphatic heterocycles. The van der Waals surface area contributed by atoms with E-state index in [4.69, 9.17) is 0 Å². The van der Waals surface area contributed by atoms with Gasteiger partial charge in [-0.05, 0) is 73.4 Å². The Morgan fingerprint density at radius 1 is 0.800 bits per heavy atom. The minimum Gasteiger partial charge on any atom is -0.340 e. The molecule has 0 saturated carbocycles. The normalized spacial score (nSPS) is 14.7. The second kappa shape index (κ2) is 10.9. The highest BCUT2D eigenvalue weighted by Crippen LogP contribution is 2.24. The molecule has 1 atom stereocenters. The molecular formula is C27H25F2N3O3. The topological polar surface area (TPSA) is 78.5 Å². The third-order valence-corrected chi connectivity index (χ3v) is 6.09. The monoisotopic (exact) mass is 477 g/mol. The van der Waals surface area contributed by atoms with Gasteiger partial charge in [0.1, 0.15) is 17.7 Å². The number of anilines is 1. The molecule has 8 heteroatoms. The number of piperidine rings is 1. The zero-order valence-electron chi connectivity index (χ0n) is 18.9. The van der Waals surface area contributed by atoms with Crippen molar-refractivity contribution in [3.8, 4) is 0 Å². The maximum absolute atomic E-state index is 13.5. The van der Waals surface area contributed by atoms with E-state index in [2.05, 4.69) is 10.6 Å². The third kappa shape index (κ3) is 6.09. The minimum atomic E-state index is -0.862. The summed E-state index contributed by atoms with van der Waals surface area (Å²) in [7, 11) is 0. The summed E-state index contributed by atoms with van der Waals surface area (Å²) in [5, 5.41) is 5.63. The second-order valence-corrected chi connectivity index (χ2v) is 8.45. The van der Waals surface area contributed by atoms with Gasteiger partial charge >= 0.3 is 0 Å². The van der Waals surface area contributed by atoms with Crippen LogP contribution in [0.15, 0.2) is 78.9 Å². The van der Waals surface area contributed by atoms with Gasteiger partial charge in [0.2, 0.25) is 5.91 Å². The van der Waals surface area contributed by atoms with Gasteiger partial charge < -0.3 is 15.5 Å². The Kier molecular flexibility index (Phi) is 7.50. The van der Waals surface area contributed by atoms with Gasteiger partial charge in [0.05, 0.1) is 0 Å². The standard InChI is InChI=1S/C27H25F2N3O3/c28-21-11-9-19(10-12-21)25(33)31-24(26(34)30-23-7-2-1-3-8-23)18-13-15-32(16-14-18)27(35)20-5-4-6-22(29)17-20/h1-12,17-18,24H,13-16H2,(H,30,34)(H,31,33). The van der Waals surface area contributed by atoms with Crippen molar-refractivity contribution in [2.24, 2.45) is 5.92 Å². The molecular weight excluding hydrogens is 452 g/mol. The minimum absolute atomic E-state index is 0.236. The van der Waals surface area contributed by atoms with Crippen molar-refractivity contribution in [1.29, 1.82) is 0 Å². The summed E-state index contributed by atoms with van der Waals surface area (Å²) in [6.07, 6.45) is 0.940. The van der Waals surface area contributed by atoms with E-state index in [9.17, 15) is 23.2 Å². The molecule has 1 saturated heterocycles. The van der Waals surface area contributed by atoms with Gasteiger partial charge in [-0.25, -0.2) is 8.78 Å². The highest BCUT2D eigenvalue weighted by Gasteiger charge is 2.34. The molecule has 1 fully saturated rings. The number of nitrogens with one attached hydrogen (secondary N) is 2. The number of amides is 3. The quantitative estimate of drug-likeness (QED) is 0.557. The largest absolute Gasteiger partial charge is 0.340 e. The molecule has 1 aliphatic rings. The van der Waals surface area contributed by atoms with E-state index < -0.39 is 23.6 Å². The Balaban J connectivity index is 1.47. The summed E-state index contributed by atoms with van der Waals surface area (Å²) in [5.74, 6) is -2.32. The summed E-state index contributed by atoms with van der Waals surface area (Å²) < 4.78 is 26.8. The van der Waals surface area contributed by atoms with E-state index in [1.54, 1.807) is 35.2 Å². The highest BCUT2D eigenvalue weighted by molar-refractivity contribution is 6.01. The maximum atomic E-state index is 13.5. The van der Waals surface area contributed by atoms with Crippen LogP contribution in [-0.4, -0.2) is 41.8 Å². The van der Waals surface area contributed by atoms with Crippen molar-refractivity contribution in [2.45, 2.75) is 18.9 Å². The Morgan fingerprint density at radius 2 is 1.49 bits per heavy atom. The van der Waals surface area contributed by atoms with Gasteiger partial charge in [-0.15, -0.1) is 0 Å². The number of hydrogen-bond donors (Lipinski definition) is 2. The summed E-state index contributed by atoms with van der Waals surface area (Å²) in [6, 6.07) is 18.7. The number of rotatable bonds is 6. The first kappa shape index (κ1) is 24.1. The van der Waals surface area contributed by atoms with E-state index in [1.165, 1.54) is 42.5 Å². The molecule has 3 amide bonds. The van der Waals surface area contributed by atoms with Crippen molar-refractivity contribution in [3.63, 3.8) is 0 Å². The fourth-order valence-corrected chi connectivity index (χ4v) is 4.20. The van der Waals surface area contributed by atoms with Gasteiger partial charge in [0.15, 0.2) is 0 Å². The number of carbonyl (C=O) groups is 3. The van der Waals surface area contributed by atoms with Gasteiger partial charge in [-0.3, -0.25) is 14.4 Å². The predicted molar refractivity (Wildman–Crippen MR) is 128 cm³/mol. The summed E-state index contributed by atoms with van der Waals surface area (Å²) in [6.45, 7) is 0.725. The molecule has 0 spiro atoms. The molecule has 0 aliphatic carbocycles. The highest BCUT2D eigenvalue weighted by atomic mass is 19.1. The molecule has 4 rings (SSSR count). The number of benzene rings is 3. The van der Waals surface area contributed by atoms with Crippen LogP contribution in [0.5, 0.6) is 0 Å². The SMILES string of the molecule is O=C(NC(C(=O)Nc1ccccc1)C1CCN(C(=O)c2cccc(F)c2)CC1)c1ccc(F)cc1. The van der Waals surface area contributed by atoms with Crippen LogP contribution in [0.1, 0.15) is 33.6 Å². The van der Waals surface area contributed by atoms with E-state index in [0.29, 0.717) is 31.6 Å². The van der Waals surface area contributed by atoms with Gasteiger partial charge in [0.25, 0.3) is 11.8 Å². The van der Waals surface area contributed by atoms with Crippen LogP contribution in [0.3, 0.4) is 0 Å². The van der Waals surface area contributed by atoms with Crippen LogP contribution < -0.4 is 10.6 Å². The molecule has 1 heterocycles. The van der Waals surface area contributed by atoms with Crippen molar-refractivity contribution in [1.82, 2.24) is 10.2 Å². The van der Waals surface area contributed by atoms with Gasteiger partial charge in [-0.2, -0.15) is 0 Å². The van der Waals surface area contributed by atoms with Gasteiger partial charge in [-0.1, -0.05) is 24.3 Å². The average Bonchev–Trinajstić information content (AvgIpc) is 2.88. The lowest BCUT2D eigenvalue weighted by atomic mass is 9.88. The Hall–Kier alpha value is -4.07. The Bertz CT molecular complexity index is 1190. The van der Waals surface area contributed by atoms with Crippen molar-refractivity contribution in [3.05, 3.63) is 102 Å². The molecule has 35 heavy (non-hydrogen) atoms. The number of halogens is 2. The van der Waals surface area contributed by atoms with Crippen molar-refractivity contribution in [2.75, 3.05) is 18.4 Å². The summed E-state index contributed by atoms with van der Waals surface area (Å²) in [4.78, 5) is 40.4. The van der Waals surface area contributed by atoms with Crippen LogP contribution in [0, 0.1) is 17.6 Å². The average molecular weight is 478 g/mol. The summed E-state index contributed by atoms with van der Waals surface area (Å²) in [5.41, 5.74) is 1.10. The van der Waals surface area contributed by atoms with E-state index in [0.717, 1.165) is 0 Å². The second-order valence-electron chi connectivity index (χ2n) is 8.45. The lowest BCUT2D eigenvalue weighted by Gasteiger charge is -2.36. The lowest BCUT2D eigenvalue weighted by Crippen LogP contribution is -2.52. The number of para-hydroxylation sites is 1. The molecule has 3 aromatic rings. The zero-order valence-corrected chi connectivity index (χ0v) is 18.9. The first-order valence-electron chi connectivity index (χ1n) is 11.4. The predicted octanol–water partition coefficient (Wildman–Crippen LogP) is 4.25. The van der Waals surface area contributed by atoms with E-state index >= 15 is 0 Å². The number of carbonyl (C=O) groups excluding carboxylic acids is 3. The molecule has 0 radical (unpaired) electrons. The van der Waals surface area contributed by atoms with Crippen molar-refractivity contribution >= 4 is 23.4 Å². The number of nitrogens with zero attached hydrogens (tertiary/aromatic N) is 1. The van der Waals surface area contributed by atoms with E-state index in [-0.39, 0.29) is 28.9 Å². The number of likely N-dealkylation sites (tertiary alicyclic amines) is 1. The molecule has 0 aromatic heterocycles. The molecule has 6 nitrogen and oxygen atoms in total. The van der Waals surface area contributed by atoms with Gasteiger partial charge in [0, 0.05) is 29.9 Å². The molecule has 1 unspecified atom stereocenters. The lowest BCUT2D eigenvalue weighted by molar-refractivity contribution is -0.119. The molecule has 2 N–H and O–H groups in total. The van der Waals surface area contributed by atoms with Crippen LogP contribution in [-0.2, 0) is 4.79 Å². The van der Waals surface area contributed by atoms with Crippen molar-refractivity contribution < 1.29 is 23.2 Å². The fraction of sp³-hybridized carbons (Fsp3) is 0.222. The third-order valence-electron chi connectivity index (χ3n) is 6.09. The van der Waals surface area contributed by atoms with Crippen LogP contribution in [0.25, 0.3) is 0 Å². The summed E-state index contributed by atoms with van der Waals surface area (Å²) >= 11 is 0. The molecule has 0 bridgehead atoms. The molecule has 180 valence electrons. The van der Waals surface area contributed by atoms with Crippen LogP contribution in [0.2, 0.25) is 0 Å². The Labute approximate surface area is 201 Å². The van der Waals surface area contributed by atoms with E-state index in [1.807, 2.05) is 6.07 Å². The first-order chi connectivity index (χ1) is 16.9. The maximum Gasteiger partial charge on any atom is 0.253 e. The number of hydrogen-bond acceptors (Lipinski definition) is 3. The zero-order chi connectivity index (χ0) is 24.8. The fourth-order valence-electron chi connectivity index (χ4n) is 4.20. The smallest absolute Gasteiger partial charge is 0.253 e.